The molecule has 1 aromatic rings. The van der Waals surface area contributed by atoms with E-state index < -0.39 is 5.60 Å². The minimum absolute atomic E-state index is 0.0299. The van der Waals surface area contributed by atoms with E-state index in [9.17, 15) is 4.79 Å². The molecule has 1 aliphatic rings. The van der Waals surface area contributed by atoms with Gasteiger partial charge in [-0.2, -0.15) is 0 Å². The summed E-state index contributed by atoms with van der Waals surface area (Å²) in [7, 11) is 0. The van der Waals surface area contributed by atoms with Crippen molar-refractivity contribution in [3.05, 3.63) is 28.0 Å². The second kappa shape index (κ2) is 6.80. The Morgan fingerprint density at radius 1 is 1.35 bits per heavy atom. The van der Waals surface area contributed by atoms with Crippen LogP contribution in [0.25, 0.3) is 0 Å². The number of ether oxygens (including phenoxy) is 1. The van der Waals surface area contributed by atoms with Gasteiger partial charge >= 0.3 is 6.09 Å². The number of halogens is 1. The summed E-state index contributed by atoms with van der Waals surface area (Å²) in [6.45, 7) is 12.1. The highest BCUT2D eigenvalue weighted by atomic mass is 79.9. The van der Waals surface area contributed by atoms with Crippen LogP contribution < -0.4 is 0 Å². The van der Waals surface area contributed by atoms with E-state index in [1.807, 2.05) is 38.1 Å². The van der Waals surface area contributed by atoms with Gasteiger partial charge < -0.3 is 4.74 Å². The van der Waals surface area contributed by atoms with Crippen molar-refractivity contribution in [1.82, 2.24) is 9.88 Å². The third-order valence-electron chi connectivity index (χ3n) is 4.18. The highest BCUT2D eigenvalue weighted by Gasteiger charge is 2.39. The van der Waals surface area contributed by atoms with Crippen molar-refractivity contribution in [2.75, 3.05) is 0 Å². The first-order valence-corrected chi connectivity index (χ1v) is 9.05. The summed E-state index contributed by atoms with van der Waals surface area (Å²) in [5.41, 5.74) is 1.87. The minimum atomic E-state index is -0.486. The molecule has 0 radical (unpaired) electrons. The number of nitrogens with zero attached hydrogens (tertiary/aromatic N) is 2. The van der Waals surface area contributed by atoms with Crippen LogP contribution in [0.3, 0.4) is 0 Å². The molecular weight excluding hydrogens is 356 g/mol. The van der Waals surface area contributed by atoms with Gasteiger partial charge in [-0.1, -0.05) is 13.8 Å². The SMILES string of the molecule is CC(C)c1c(Br)cncc1C1CCC(C)N1C(=O)OC(C)(C)C. The Morgan fingerprint density at radius 3 is 2.57 bits per heavy atom. The maximum atomic E-state index is 12.7. The molecule has 2 unspecified atom stereocenters. The van der Waals surface area contributed by atoms with Crippen molar-refractivity contribution in [2.45, 2.75) is 78.0 Å². The van der Waals surface area contributed by atoms with Gasteiger partial charge in [0.15, 0.2) is 0 Å². The predicted octanol–water partition coefficient (Wildman–Crippen LogP) is 5.43. The highest BCUT2D eigenvalue weighted by molar-refractivity contribution is 9.10. The second-order valence-corrected chi connectivity index (χ2v) is 8.46. The molecule has 0 N–H and O–H groups in total. The molecule has 1 fully saturated rings. The summed E-state index contributed by atoms with van der Waals surface area (Å²) in [5.74, 6) is 0.360. The van der Waals surface area contributed by atoms with E-state index in [1.54, 1.807) is 0 Å². The van der Waals surface area contributed by atoms with Crippen LogP contribution in [0.15, 0.2) is 16.9 Å². The molecular formula is C18H27BrN2O2. The molecule has 0 spiro atoms. The molecule has 0 saturated carbocycles. The van der Waals surface area contributed by atoms with Crippen LogP contribution in [0.2, 0.25) is 0 Å². The van der Waals surface area contributed by atoms with Crippen molar-refractivity contribution in [2.24, 2.45) is 0 Å². The Balaban J connectivity index is 2.39. The Hall–Kier alpha value is -1.10. The van der Waals surface area contributed by atoms with Crippen LogP contribution in [0, 0.1) is 0 Å². The zero-order chi connectivity index (χ0) is 17.4. The zero-order valence-corrected chi connectivity index (χ0v) is 16.5. The Morgan fingerprint density at radius 2 is 2.00 bits per heavy atom. The number of amides is 1. The maximum Gasteiger partial charge on any atom is 0.411 e. The molecule has 128 valence electrons. The summed E-state index contributed by atoms with van der Waals surface area (Å²) in [6, 6.07) is 0.205. The average molecular weight is 383 g/mol. The summed E-state index contributed by atoms with van der Waals surface area (Å²) in [5, 5.41) is 0. The van der Waals surface area contributed by atoms with Crippen LogP contribution in [0.4, 0.5) is 4.79 Å². The molecule has 0 aromatic carbocycles. The first-order chi connectivity index (χ1) is 10.6. The third-order valence-corrected chi connectivity index (χ3v) is 4.81. The largest absolute Gasteiger partial charge is 0.444 e. The monoisotopic (exact) mass is 382 g/mol. The van der Waals surface area contributed by atoms with Crippen LogP contribution in [-0.2, 0) is 4.74 Å². The molecule has 2 atom stereocenters. The van der Waals surface area contributed by atoms with Crippen LogP contribution >= 0.6 is 15.9 Å². The molecule has 2 heterocycles. The van der Waals surface area contributed by atoms with Gasteiger partial charge in [0.2, 0.25) is 0 Å². The molecule has 2 rings (SSSR count). The lowest BCUT2D eigenvalue weighted by atomic mass is 9.93. The fourth-order valence-corrected chi connectivity index (χ4v) is 4.05. The van der Waals surface area contributed by atoms with E-state index in [-0.39, 0.29) is 18.2 Å². The third kappa shape index (κ3) is 4.06. The molecule has 1 aromatic heterocycles. The summed E-state index contributed by atoms with van der Waals surface area (Å²) in [4.78, 5) is 18.9. The normalized spacial score (nSPS) is 21.8. The number of likely N-dealkylation sites (tertiary alicyclic amines) is 1. The number of carbonyl (C=O) groups is 1. The topological polar surface area (TPSA) is 42.4 Å². The Bertz CT molecular complexity index is 581. The van der Waals surface area contributed by atoms with Gasteiger partial charge in [0.05, 0.1) is 6.04 Å². The van der Waals surface area contributed by atoms with Gasteiger partial charge in [-0.25, -0.2) is 4.79 Å². The smallest absolute Gasteiger partial charge is 0.411 e. The quantitative estimate of drug-likeness (QED) is 0.684. The van der Waals surface area contributed by atoms with E-state index in [0.717, 1.165) is 22.9 Å². The van der Waals surface area contributed by atoms with E-state index in [0.29, 0.717) is 5.92 Å². The molecule has 1 aliphatic heterocycles. The van der Waals surface area contributed by atoms with E-state index in [4.69, 9.17) is 4.74 Å². The highest BCUT2D eigenvalue weighted by Crippen LogP contribution is 2.41. The van der Waals surface area contributed by atoms with Gasteiger partial charge in [-0.3, -0.25) is 9.88 Å². The molecule has 4 nitrogen and oxygen atoms in total. The van der Waals surface area contributed by atoms with E-state index >= 15 is 0 Å². The molecule has 0 aliphatic carbocycles. The summed E-state index contributed by atoms with van der Waals surface area (Å²) in [6.07, 6.45) is 5.42. The lowest BCUT2D eigenvalue weighted by Crippen LogP contribution is -2.40. The van der Waals surface area contributed by atoms with Gasteiger partial charge in [0.1, 0.15) is 5.60 Å². The van der Waals surface area contributed by atoms with Crippen molar-refractivity contribution in [3.8, 4) is 0 Å². The lowest BCUT2D eigenvalue weighted by Gasteiger charge is -2.32. The fraction of sp³-hybridized carbons (Fsp3) is 0.667. The van der Waals surface area contributed by atoms with Crippen LogP contribution in [-0.4, -0.2) is 27.6 Å². The number of pyridine rings is 1. The predicted molar refractivity (Wildman–Crippen MR) is 95.5 cm³/mol. The number of aromatic nitrogens is 1. The molecule has 1 saturated heterocycles. The molecule has 23 heavy (non-hydrogen) atoms. The lowest BCUT2D eigenvalue weighted by molar-refractivity contribution is 0.0157. The second-order valence-electron chi connectivity index (χ2n) is 7.61. The maximum absolute atomic E-state index is 12.7. The number of hydrogen-bond acceptors (Lipinski definition) is 3. The Kier molecular flexibility index (Phi) is 5.39. The summed E-state index contributed by atoms with van der Waals surface area (Å²) >= 11 is 3.62. The first-order valence-electron chi connectivity index (χ1n) is 8.26. The van der Waals surface area contributed by atoms with Crippen molar-refractivity contribution in [1.29, 1.82) is 0 Å². The first kappa shape index (κ1) is 18.2. The number of hydrogen-bond donors (Lipinski definition) is 0. The number of rotatable bonds is 2. The van der Waals surface area contributed by atoms with E-state index in [1.165, 1.54) is 5.56 Å². The number of carbonyl (C=O) groups excluding carboxylic acids is 1. The van der Waals surface area contributed by atoms with Crippen molar-refractivity contribution >= 4 is 22.0 Å². The van der Waals surface area contributed by atoms with Crippen molar-refractivity contribution < 1.29 is 9.53 Å². The van der Waals surface area contributed by atoms with Gasteiger partial charge in [0, 0.05) is 22.9 Å². The minimum Gasteiger partial charge on any atom is -0.444 e. The van der Waals surface area contributed by atoms with Gasteiger partial charge in [0.25, 0.3) is 0 Å². The van der Waals surface area contributed by atoms with E-state index in [2.05, 4.69) is 41.7 Å². The van der Waals surface area contributed by atoms with Crippen LogP contribution in [0.5, 0.6) is 0 Å². The Labute approximate surface area is 147 Å². The molecule has 5 heteroatoms. The summed E-state index contributed by atoms with van der Waals surface area (Å²) < 4.78 is 6.64. The average Bonchev–Trinajstić information content (AvgIpc) is 2.77. The molecule has 1 amide bonds. The van der Waals surface area contributed by atoms with Gasteiger partial charge in [-0.05, 0) is 73.5 Å². The van der Waals surface area contributed by atoms with Crippen molar-refractivity contribution in [3.63, 3.8) is 0 Å². The zero-order valence-electron chi connectivity index (χ0n) is 14.9. The van der Waals surface area contributed by atoms with Crippen LogP contribution in [0.1, 0.15) is 77.5 Å². The fourth-order valence-electron chi connectivity index (χ4n) is 3.25. The molecule has 0 bridgehead atoms. The van der Waals surface area contributed by atoms with Gasteiger partial charge in [-0.15, -0.1) is 0 Å². The standard InChI is InChI=1S/C18H27BrN2O2/c1-11(2)16-13(9-20-10-14(16)19)15-8-7-12(3)21(15)17(22)23-18(4,5)6/h9-12,15H,7-8H2,1-6H3.